The van der Waals surface area contributed by atoms with Gasteiger partial charge < -0.3 is 0 Å². The molecule has 4 aromatic rings. The van der Waals surface area contributed by atoms with Crippen LogP contribution in [-0.2, 0) is 16.4 Å². The van der Waals surface area contributed by atoms with Crippen LogP contribution in [0.2, 0.25) is 0 Å². The second kappa shape index (κ2) is 7.55. The maximum absolute atomic E-state index is 13.1. The average Bonchev–Trinajstić information content (AvgIpc) is 3.19. The fraction of sp³-hybridized carbons (Fsp3) is 0.174. The SMILES string of the molecule is Cc1c(NS(=O)(=O)c2ccc3c(c2)C(=O)CCC3)cccc1-c1nc2cccnc2s1. The number of carbonyl (C=O) groups excluding carboxylic acids is 1. The quantitative estimate of drug-likeness (QED) is 0.474. The number of carbonyl (C=O) groups is 1. The van der Waals surface area contributed by atoms with Gasteiger partial charge in [0, 0.05) is 23.7 Å². The lowest BCUT2D eigenvalue weighted by Gasteiger charge is -2.17. The normalized spacial score (nSPS) is 13.9. The zero-order valence-electron chi connectivity index (χ0n) is 16.8. The zero-order chi connectivity index (χ0) is 21.6. The average molecular weight is 450 g/mol. The van der Waals surface area contributed by atoms with Gasteiger partial charge >= 0.3 is 0 Å². The number of Topliss-reactive ketones (excluding diaryl/α,β-unsaturated/α-hetero) is 1. The van der Waals surface area contributed by atoms with E-state index in [2.05, 4.69) is 14.7 Å². The van der Waals surface area contributed by atoms with Crippen LogP contribution in [0.1, 0.15) is 34.3 Å². The van der Waals surface area contributed by atoms with Gasteiger partial charge in [-0.1, -0.05) is 29.5 Å². The molecule has 2 aromatic heterocycles. The van der Waals surface area contributed by atoms with Crippen LogP contribution in [-0.4, -0.2) is 24.2 Å². The molecule has 0 saturated heterocycles. The van der Waals surface area contributed by atoms with Crippen LogP contribution in [0, 0.1) is 6.92 Å². The number of thiazole rings is 1. The molecule has 6 nitrogen and oxygen atoms in total. The molecule has 1 aliphatic carbocycles. The molecule has 156 valence electrons. The van der Waals surface area contributed by atoms with Crippen LogP contribution in [0.3, 0.4) is 0 Å². The summed E-state index contributed by atoms with van der Waals surface area (Å²) >= 11 is 1.47. The third kappa shape index (κ3) is 3.62. The lowest BCUT2D eigenvalue weighted by atomic mass is 9.91. The summed E-state index contributed by atoms with van der Waals surface area (Å²) < 4.78 is 28.9. The Kier molecular flexibility index (Phi) is 4.83. The number of rotatable bonds is 4. The maximum Gasteiger partial charge on any atom is 0.261 e. The molecule has 0 spiro atoms. The number of hydrogen-bond acceptors (Lipinski definition) is 6. The van der Waals surface area contributed by atoms with Gasteiger partial charge in [0.15, 0.2) is 5.78 Å². The van der Waals surface area contributed by atoms with Gasteiger partial charge in [0.05, 0.1) is 10.6 Å². The fourth-order valence-electron chi connectivity index (χ4n) is 3.84. The van der Waals surface area contributed by atoms with Crippen molar-refractivity contribution >= 4 is 43.2 Å². The predicted molar refractivity (Wildman–Crippen MR) is 122 cm³/mol. The van der Waals surface area contributed by atoms with E-state index in [0.717, 1.165) is 44.9 Å². The number of anilines is 1. The van der Waals surface area contributed by atoms with Crippen molar-refractivity contribution in [1.82, 2.24) is 9.97 Å². The Balaban J connectivity index is 1.51. The van der Waals surface area contributed by atoms with Crippen LogP contribution in [0.15, 0.2) is 59.6 Å². The van der Waals surface area contributed by atoms with Gasteiger partial charge in [0.2, 0.25) is 0 Å². The molecule has 0 aliphatic heterocycles. The molecular formula is C23H19N3O3S2. The highest BCUT2D eigenvalue weighted by atomic mass is 32.2. The van der Waals surface area contributed by atoms with Gasteiger partial charge in [-0.15, -0.1) is 0 Å². The minimum Gasteiger partial charge on any atom is -0.294 e. The van der Waals surface area contributed by atoms with Crippen LogP contribution in [0.5, 0.6) is 0 Å². The number of benzene rings is 2. The lowest BCUT2D eigenvalue weighted by molar-refractivity contribution is 0.0972. The fourth-order valence-corrected chi connectivity index (χ4v) is 5.98. The number of nitrogens with zero attached hydrogens (tertiary/aromatic N) is 2. The number of ketones is 1. The van der Waals surface area contributed by atoms with Crippen molar-refractivity contribution in [2.75, 3.05) is 4.72 Å². The Hall–Kier alpha value is -3.10. The number of nitrogens with one attached hydrogen (secondary N) is 1. The monoisotopic (exact) mass is 449 g/mol. The van der Waals surface area contributed by atoms with Crippen LogP contribution < -0.4 is 4.72 Å². The number of aryl methyl sites for hydroxylation is 1. The Morgan fingerprint density at radius 1 is 1.03 bits per heavy atom. The first-order valence-corrected chi connectivity index (χ1v) is 12.2. The van der Waals surface area contributed by atoms with E-state index in [4.69, 9.17) is 0 Å². The highest BCUT2D eigenvalue weighted by Crippen LogP contribution is 2.34. The van der Waals surface area contributed by atoms with Gasteiger partial charge in [0.25, 0.3) is 10.0 Å². The summed E-state index contributed by atoms with van der Waals surface area (Å²) in [6.45, 7) is 1.86. The molecular weight excluding hydrogens is 430 g/mol. The molecule has 2 aromatic carbocycles. The summed E-state index contributed by atoms with van der Waals surface area (Å²) in [4.78, 5) is 22.1. The summed E-state index contributed by atoms with van der Waals surface area (Å²) in [5.74, 6) is 0.000855. The molecule has 1 N–H and O–H groups in total. The van der Waals surface area contributed by atoms with E-state index in [-0.39, 0.29) is 10.7 Å². The van der Waals surface area contributed by atoms with Crippen LogP contribution in [0.4, 0.5) is 5.69 Å². The first-order valence-electron chi connectivity index (χ1n) is 9.93. The summed E-state index contributed by atoms with van der Waals surface area (Å²) in [5, 5.41) is 0.784. The van der Waals surface area contributed by atoms with E-state index >= 15 is 0 Å². The van der Waals surface area contributed by atoms with E-state index in [9.17, 15) is 13.2 Å². The van der Waals surface area contributed by atoms with E-state index in [1.165, 1.54) is 17.4 Å². The molecule has 31 heavy (non-hydrogen) atoms. The van der Waals surface area contributed by atoms with Gasteiger partial charge in [0.1, 0.15) is 15.4 Å². The summed E-state index contributed by atoms with van der Waals surface area (Å²) in [7, 11) is -3.85. The van der Waals surface area contributed by atoms with Crippen molar-refractivity contribution in [3.05, 3.63) is 71.4 Å². The van der Waals surface area contributed by atoms with Crippen molar-refractivity contribution in [2.24, 2.45) is 0 Å². The maximum atomic E-state index is 13.1. The van der Waals surface area contributed by atoms with Gasteiger partial charge in [-0.05, 0) is 61.2 Å². The number of pyridine rings is 1. The highest BCUT2D eigenvalue weighted by molar-refractivity contribution is 7.92. The first kappa shape index (κ1) is 19.8. The van der Waals surface area contributed by atoms with E-state index < -0.39 is 10.0 Å². The molecule has 0 saturated carbocycles. The minimum absolute atomic E-state index is 0.000855. The summed E-state index contributed by atoms with van der Waals surface area (Å²) in [5.41, 5.74) is 4.35. The molecule has 0 fully saturated rings. The van der Waals surface area contributed by atoms with Crippen molar-refractivity contribution < 1.29 is 13.2 Å². The van der Waals surface area contributed by atoms with E-state index in [1.807, 2.05) is 25.1 Å². The second-order valence-electron chi connectivity index (χ2n) is 7.53. The van der Waals surface area contributed by atoms with E-state index in [0.29, 0.717) is 17.7 Å². The Morgan fingerprint density at radius 2 is 1.90 bits per heavy atom. The molecule has 8 heteroatoms. The third-order valence-electron chi connectivity index (χ3n) is 5.52. The number of sulfonamides is 1. The van der Waals surface area contributed by atoms with Gasteiger partial charge in [-0.3, -0.25) is 9.52 Å². The molecule has 5 rings (SSSR count). The number of fused-ring (bicyclic) bond motifs is 2. The number of hydrogen-bond donors (Lipinski definition) is 1. The van der Waals surface area contributed by atoms with Crippen LogP contribution >= 0.6 is 11.3 Å². The third-order valence-corrected chi connectivity index (χ3v) is 7.89. The minimum atomic E-state index is -3.85. The molecule has 2 heterocycles. The summed E-state index contributed by atoms with van der Waals surface area (Å²) in [6, 6.07) is 14.0. The van der Waals surface area contributed by atoms with Crippen LogP contribution in [0.25, 0.3) is 20.9 Å². The van der Waals surface area contributed by atoms with Crippen molar-refractivity contribution in [3.8, 4) is 10.6 Å². The van der Waals surface area contributed by atoms with Crippen molar-refractivity contribution in [2.45, 2.75) is 31.1 Å². The van der Waals surface area contributed by atoms with E-state index in [1.54, 1.807) is 30.5 Å². The first-order chi connectivity index (χ1) is 14.9. The van der Waals surface area contributed by atoms with Gasteiger partial charge in [-0.2, -0.15) is 0 Å². The molecule has 1 aliphatic rings. The molecule has 0 bridgehead atoms. The summed E-state index contributed by atoms with van der Waals surface area (Å²) in [6.07, 6.45) is 3.80. The highest BCUT2D eigenvalue weighted by Gasteiger charge is 2.23. The zero-order valence-corrected chi connectivity index (χ0v) is 18.4. The Labute approximate surface area is 184 Å². The molecule has 0 amide bonds. The van der Waals surface area contributed by atoms with Crippen molar-refractivity contribution in [1.29, 1.82) is 0 Å². The number of aromatic nitrogens is 2. The Bertz CT molecular complexity index is 1410. The lowest BCUT2D eigenvalue weighted by Crippen LogP contribution is -2.17. The second-order valence-corrected chi connectivity index (χ2v) is 10.2. The standard InChI is InChI=1S/C23H19N3O3S2/c1-14-17(22-25-20-8-4-12-24-23(20)30-22)6-3-7-19(14)26-31(28,29)16-11-10-15-5-2-9-21(27)18(15)13-16/h3-4,6-8,10-13,26H,2,5,9H2,1H3. The topological polar surface area (TPSA) is 89.0 Å². The Morgan fingerprint density at radius 3 is 2.74 bits per heavy atom. The predicted octanol–water partition coefficient (Wildman–Crippen LogP) is 4.99. The van der Waals surface area contributed by atoms with Gasteiger partial charge in [-0.25, -0.2) is 18.4 Å². The van der Waals surface area contributed by atoms with Crippen molar-refractivity contribution in [3.63, 3.8) is 0 Å². The smallest absolute Gasteiger partial charge is 0.261 e. The molecule has 0 unspecified atom stereocenters. The molecule has 0 radical (unpaired) electrons. The molecule has 0 atom stereocenters. The largest absolute Gasteiger partial charge is 0.294 e.